The second kappa shape index (κ2) is 9.57. The van der Waals surface area contributed by atoms with Crippen LogP contribution < -0.4 is 4.74 Å². The Hall–Kier alpha value is -2.45. The molecule has 2 aromatic rings. The number of amides is 2. The number of likely N-dealkylation sites (tertiary alicyclic amines) is 1. The third-order valence-corrected chi connectivity index (χ3v) is 6.68. The number of ether oxygens (including phenoxy) is 1. The van der Waals surface area contributed by atoms with Crippen molar-refractivity contribution in [2.75, 3.05) is 52.9 Å². The van der Waals surface area contributed by atoms with Crippen molar-refractivity contribution in [3.63, 3.8) is 0 Å². The molecular weight excluding hydrogens is 400 g/mol. The maximum Gasteiger partial charge on any atom is 0.273 e. The lowest BCUT2D eigenvalue weighted by Crippen LogP contribution is -2.52. The Morgan fingerprint density at radius 3 is 2.33 bits per heavy atom. The Kier molecular flexibility index (Phi) is 6.64. The summed E-state index contributed by atoms with van der Waals surface area (Å²) in [6.07, 6.45) is 3.45. The topological polar surface area (TPSA) is 66.0 Å². The summed E-state index contributed by atoms with van der Waals surface area (Å²) in [5.41, 5.74) is 1.46. The van der Waals surface area contributed by atoms with E-state index in [1.54, 1.807) is 7.11 Å². The second-order valence-electron chi connectivity index (χ2n) is 7.78. The Labute approximate surface area is 181 Å². The summed E-state index contributed by atoms with van der Waals surface area (Å²) in [7, 11) is 1.64. The number of benzene rings is 1. The van der Waals surface area contributed by atoms with E-state index in [2.05, 4.69) is 9.88 Å². The number of aromatic nitrogens is 1. The lowest BCUT2D eigenvalue weighted by molar-refractivity contribution is -0.133. The number of methoxy groups -OCH3 is 1. The van der Waals surface area contributed by atoms with E-state index in [9.17, 15) is 9.59 Å². The van der Waals surface area contributed by atoms with Crippen molar-refractivity contribution in [3.8, 4) is 16.3 Å². The largest absolute Gasteiger partial charge is 0.497 e. The number of nitrogens with zero attached hydrogens (tertiary/aromatic N) is 4. The Morgan fingerprint density at radius 2 is 1.67 bits per heavy atom. The lowest BCUT2D eigenvalue weighted by atomic mass is 10.1. The van der Waals surface area contributed by atoms with Crippen LogP contribution >= 0.6 is 11.3 Å². The van der Waals surface area contributed by atoms with E-state index in [0.717, 1.165) is 55.3 Å². The van der Waals surface area contributed by atoms with Gasteiger partial charge in [-0.15, -0.1) is 11.3 Å². The molecule has 1 aromatic heterocycles. The average molecular weight is 429 g/mol. The van der Waals surface area contributed by atoms with Crippen LogP contribution in [0.3, 0.4) is 0 Å². The van der Waals surface area contributed by atoms with Crippen molar-refractivity contribution in [1.82, 2.24) is 19.7 Å². The first kappa shape index (κ1) is 20.8. The fraction of sp³-hybridized carbons (Fsp3) is 0.500. The minimum absolute atomic E-state index is 0.0342. The van der Waals surface area contributed by atoms with E-state index >= 15 is 0 Å². The molecule has 4 rings (SSSR count). The molecule has 0 atom stereocenters. The van der Waals surface area contributed by atoms with Gasteiger partial charge >= 0.3 is 0 Å². The van der Waals surface area contributed by atoms with Crippen LogP contribution in [0.1, 0.15) is 29.8 Å². The number of rotatable bonds is 5. The molecule has 0 aliphatic carbocycles. The molecule has 0 saturated carbocycles. The van der Waals surface area contributed by atoms with Crippen LogP contribution in [0.15, 0.2) is 29.6 Å². The van der Waals surface area contributed by atoms with Crippen molar-refractivity contribution < 1.29 is 14.3 Å². The highest BCUT2D eigenvalue weighted by Crippen LogP contribution is 2.26. The second-order valence-corrected chi connectivity index (χ2v) is 8.63. The van der Waals surface area contributed by atoms with Crippen LogP contribution in [0.25, 0.3) is 10.6 Å². The molecule has 2 saturated heterocycles. The molecule has 30 heavy (non-hydrogen) atoms. The first-order valence-electron chi connectivity index (χ1n) is 10.5. The molecule has 160 valence electrons. The van der Waals surface area contributed by atoms with Gasteiger partial charge in [0.25, 0.3) is 5.91 Å². The van der Waals surface area contributed by atoms with E-state index in [1.165, 1.54) is 17.8 Å². The number of hydrogen-bond acceptors (Lipinski definition) is 6. The Morgan fingerprint density at radius 1 is 0.967 bits per heavy atom. The fourth-order valence-electron chi connectivity index (χ4n) is 3.94. The van der Waals surface area contributed by atoms with Crippen LogP contribution in [-0.4, -0.2) is 84.4 Å². The molecule has 0 unspecified atom stereocenters. The number of thiazole rings is 1. The van der Waals surface area contributed by atoms with E-state index in [4.69, 9.17) is 4.74 Å². The molecule has 8 heteroatoms. The maximum atomic E-state index is 12.9. The highest BCUT2D eigenvalue weighted by atomic mass is 32.1. The van der Waals surface area contributed by atoms with Crippen molar-refractivity contribution in [3.05, 3.63) is 35.3 Å². The molecule has 3 heterocycles. The maximum absolute atomic E-state index is 12.9. The van der Waals surface area contributed by atoms with Gasteiger partial charge in [-0.1, -0.05) is 0 Å². The van der Waals surface area contributed by atoms with Gasteiger partial charge in [-0.25, -0.2) is 4.98 Å². The standard InChI is InChI=1S/C22H28N4O3S/c1-29-18-7-5-17(6-8-18)21-23-19(16-30-21)22(28)26-13-11-24(12-14-26)15-20(27)25-9-3-2-4-10-25/h5-8,16H,2-4,9-15H2,1H3. The van der Waals surface area contributed by atoms with Gasteiger partial charge in [0.15, 0.2) is 0 Å². The first-order valence-corrected chi connectivity index (χ1v) is 11.4. The number of piperazine rings is 1. The van der Waals surface area contributed by atoms with Crippen LogP contribution in [0.5, 0.6) is 5.75 Å². The fourth-order valence-corrected chi connectivity index (χ4v) is 4.74. The molecule has 2 aliphatic heterocycles. The van der Waals surface area contributed by atoms with E-state index in [-0.39, 0.29) is 11.8 Å². The highest BCUT2D eigenvalue weighted by molar-refractivity contribution is 7.13. The minimum atomic E-state index is -0.0342. The van der Waals surface area contributed by atoms with E-state index < -0.39 is 0 Å². The summed E-state index contributed by atoms with van der Waals surface area (Å²) >= 11 is 1.47. The normalized spacial score (nSPS) is 17.8. The van der Waals surface area contributed by atoms with Gasteiger partial charge in [0.1, 0.15) is 16.5 Å². The minimum Gasteiger partial charge on any atom is -0.497 e. The van der Waals surface area contributed by atoms with Crippen molar-refractivity contribution >= 4 is 23.2 Å². The zero-order valence-corrected chi connectivity index (χ0v) is 18.2. The summed E-state index contributed by atoms with van der Waals surface area (Å²) in [6, 6.07) is 7.68. The monoisotopic (exact) mass is 428 g/mol. The van der Waals surface area contributed by atoms with Gasteiger partial charge < -0.3 is 14.5 Å². The number of carbonyl (C=O) groups is 2. The summed E-state index contributed by atoms with van der Waals surface area (Å²) < 4.78 is 5.19. The summed E-state index contributed by atoms with van der Waals surface area (Å²) in [6.45, 7) is 4.93. The molecule has 7 nitrogen and oxygen atoms in total. The van der Waals surface area contributed by atoms with Crippen molar-refractivity contribution in [2.24, 2.45) is 0 Å². The number of hydrogen-bond donors (Lipinski definition) is 0. The van der Waals surface area contributed by atoms with E-state index in [1.807, 2.05) is 39.4 Å². The third kappa shape index (κ3) is 4.82. The van der Waals surface area contributed by atoms with Crippen molar-refractivity contribution in [2.45, 2.75) is 19.3 Å². The molecule has 0 bridgehead atoms. The van der Waals surface area contributed by atoms with Gasteiger partial charge in [-0.2, -0.15) is 0 Å². The zero-order valence-electron chi connectivity index (χ0n) is 17.4. The molecular formula is C22H28N4O3S. The summed E-state index contributed by atoms with van der Waals surface area (Å²) in [5.74, 6) is 0.981. The predicted octanol–water partition coefficient (Wildman–Crippen LogP) is 2.59. The third-order valence-electron chi connectivity index (χ3n) is 5.79. The Bertz CT molecular complexity index is 869. The van der Waals surface area contributed by atoms with E-state index in [0.29, 0.717) is 25.3 Å². The van der Waals surface area contributed by atoms with Gasteiger partial charge in [0, 0.05) is 50.2 Å². The smallest absolute Gasteiger partial charge is 0.273 e. The van der Waals surface area contributed by atoms with Gasteiger partial charge in [0.05, 0.1) is 13.7 Å². The van der Waals surface area contributed by atoms with Gasteiger partial charge in [-0.3, -0.25) is 14.5 Å². The number of carbonyl (C=O) groups excluding carboxylic acids is 2. The van der Waals surface area contributed by atoms with Crippen molar-refractivity contribution in [1.29, 1.82) is 0 Å². The molecule has 2 amide bonds. The molecule has 2 fully saturated rings. The van der Waals surface area contributed by atoms with Gasteiger partial charge in [-0.05, 0) is 43.5 Å². The number of piperidine rings is 1. The van der Waals surface area contributed by atoms with Crippen LogP contribution in [0.2, 0.25) is 0 Å². The quantitative estimate of drug-likeness (QED) is 0.732. The van der Waals surface area contributed by atoms with Crippen LogP contribution in [0.4, 0.5) is 0 Å². The lowest BCUT2D eigenvalue weighted by Gasteiger charge is -2.35. The SMILES string of the molecule is COc1ccc(-c2nc(C(=O)N3CCN(CC(=O)N4CCCCC4)CC3)cs2)cc1. The summed E-state index contributed by atoms with van der Waals surface area (Å²) in [4.78, 5) is 35.9. The molecule has 0 spiro atoms. The zero-order chi connectivity index (χ0) is 20.9. The molecule has 1 aromatic carbocycles. The first-order chi connectivity index (χ1) is 14.6. The highest BCUT2D eigenvalue weighted by Gasteiger charge is 2.26. The average Bonchev–Trinajstić information content (AvgIpc) is 3.30. The summed E-state index contributed by atoms with van der Waals surface area (Å²) in [5, 5.41) is 2.65. The predicted molar refractivity (Wildman–Crippen MR) is 117 cm³/mol. The van der Waals surface area contributed by atoms with Gasteiger partial charge in [0.2, 0.25) is 5.91 Å². The molecule has 0 N–H and O–H groups in total. The van der Waals surface area contributed by atoms with Crippen LogP contribution in [0, 0.1) is 0 Å². The molecule has 2 aliphatic rings. The van der Waals surface area contributed by atoms with Crippen LogP contribution in [-0.2, 0) is 4.79 Å². The Balaban J connectivity index is 1.30. The molecule has 0 radical (unpaired) electrons.